The predicted molar refractivity (Wildman–Crippen MR) is 77.4 cm³/mol. The van der Waals surface area contributed by atoms with E-state index in [0.29, 0.717) is 11.5 Å². The largest absolute Gasteiger partial charge is 0.325 e. The van der Waals surface area contributed by atoms with Gasteiger partial charge in [-0.05, 0) is 24.6 Å². The Balaban J connectivity index is 1.77. The molecule has 2 aromatic rings. The first kappa shape index (κ1) is 13.5. The standard InChI is InChI=1S/C13H15N3O2S/c1-9-3-2-4-10(5-9)14-13(18)8-19-7-11-6-12(17)16-15-11/h2-6H,7-8H2,1H3,(H,14,18)(H2,15,16,17). The zero-order valence-corrected chi connectivity index (χ0v) is 11.3. The van der Waals surface area contributed by atoms with E-state index < -0.39 is 0 Å². The van der Waals surface area contributed by atoms with Crippen molar-refractivity contribution in [3.05, 3.63) is 51.9 Å². The molecule has 5 nitrogen and oxygen atoms in total. The number of hydrogen-bond donors (Lipinski definition) is 3. The van der Waals surface area contributed by atoms with E-state index in [2.05, 4.69) is 15.5 Å². The fourth-order valence-corrected chi connectivity index (χ4v) is 2.36. The van der Waals surface area contributed by atoms with Crippen molar-refractivity contribution in [2.75, 3.05) is 11.1 Å². The Bertz CT molecular complexity index is 618. The van der Waals surface area contributed by atoms with Crippen LogP contribution in [0.4, 0.5) is 5.69 Å². The summed E-state index contributed by atoms with van der Waals surface area (Å²) in [6.45, 7) is 1.98. The molecular weight excluding hydrogens is 262 g/mol. The molecular formula is C13H15N3O2S. The Labute approximate surface area is 114 Å². The quantitative estimate of drug-likeness (QED) is 0.781. The van der Waals surface area contributed by atoms with Gasteiger partial charge in [-0.3, -0.25) is 14.7 Å². The van der Waals surface area contributed by atoms with E-state index in [1.54, 1.807) is 0 Å². The van der Waals surface area contributed by atoms with Gasteiger partial charge in [0.2, 0.25) is 5.91 Å². The topological polar surface area (TPSA) is 77.8 Å². The molecule has 0 fully saturated rings. The molecule has 0 unspecified atom stereocenters. The highest BCUT2D eigenvalue weighted by molar-refractivity contribution is 7.99. The van der Waals surface area contributed by atoms with Crippen LogP contribution in [0, 0.1) is 6.92 Å². The summed E-state index contributed by atoms with van der Waals surface area (Å²) < 4.78 is 0. The maximum absolute atomic E-state index is 11.7. The third-order valence-electron chi connectivity index (χ3n) is 2.44. The van der Waals surface area contributed by atoms with Crippen molar-refractivity contribution < 1.29 is 4.79 Å². The third-order valence-corrected chi connectivity index (χ3v) is 3.43. The minimum Gasteiger partial charge on any atom is -0.325 e. The van der Waals surface area contributed by atoms with Crippen molar-refractivity contribution in [2.24, 2.45) is 0 Å². The summed E-state index contributed by atoms with van der Waals surface area (Å²) in [5, 5.41) is 8.04. The van der Waals surface area contributed by atoms with Crippen LogP contribution in [0.1, 0.15) is 11.3 Å². The van der Waals surface area contributed by atoms with Crippen molar-refractivity contribution in [1.82, 2.24) is 10.2 Å². The first-order chi connectivity index (χ1) is 9.13. The van der Waals surface area contributed by atoms with E-state index in [0.717, 1.165) is 16.9 Å². The second-order valence-corrected chi connectivity index (χ2v) is 5.18. The lowest BCUT2D eigenvalue weighted by Crippen LogP contribution is -2.14. The highest BCUT2D eigenvalue weighted by atomic mass is 32.2. The van der Waals surface area contributed by atoms with Gasteiger partial charge in [-0.2, -0.15) is 0 Å². The summed E-state index contributed by atoms with van der Waals surface area (Å²) in [6.07, 6.45) is 0. The molecule has 0 radical (unpaired) electrons. The van der Waals surface area contributed by atoms with Crippen LogP contribution >= 0.6 is 11.8 Å². The molecule has 6 heteroatoms. The second-order valence-electron chi connectivity index (χ2n) is 4.19. The number of nitrogens with one attached hydrogen (secondary N) is 3. The average Bonchev–Trinajstić information content (AvgIpc) is 2.75. The Morgan fingerprint density at radius 2 is 2.16 bits per heavy atom. The number of benzene rings is 1. The lowest BCUT2D eigenvalue weighted by atomic mass is 10.2. The summed E-state index contributed by atoms with van der Waals surface area (Å²) in [6, 6.07) is 9.16. The molecule has 0 spiro atoms. The molecule has 0 aliphatic rings. The van der Waals surface area contributed by atoms with Crippen LogP contribution in [0.3, 0.4) is 0 Å². The van der Waals surface area contributed by atoms with Crippen molar-refractivity contribution in [3.63, 3.8) is 0 Å². The highest BCUT2D eigenvalue weighted by Gasteiger charge is 2.04. The van der Waals surface area contributed by atoms with E-state index >= 15 is 0 Å². The Morgan fingerprint density at radius 1 is 1.32 bits per heavy atom. The fraction of sp³-hybridized carbons (Fsp3) is 0.231. The van der Waals surface area contributed by atoms with Crippen molar-refractivity contribution in [2.45, 2.75) is 12.7 Å². The molecule has 0 aliphatic heterocycles. The van der Waals surface area contributed by atoms with Gasteiger partial charge in [0.25, 0.3) is 5.56 Å². The van der Waals surface area contributed by atoms with Gasteiger partial charge >= 0.3 is 0 Å². The fourth-order valence-electron chi connectivity index (χ4n) is 1.62. The number of aryl methyl sites for hydroxylation is 1. The Morgan fingerprint density at radius 3 is 2.84 bits per heavy atom. The minimum absolute atomic E-state index is 0.0477. The zero-order chi connectivity index (χ0) is 13.7. The average molecular weight is 277 g/mol. The van der Waals surface area contributed by atoms with E-state index in [4.69, 9.17) is 0 Å². The van der Waals surface area contributed by atoms with E-state index in [9.17, 15) is 9.59 Å². The summed E-state index contributed by atoms with van der Waals surface area (Å²) >= 11 is 1.45. The Kier molecular flexibility index (Phi) is 4.46. The lowest BCUT2D eigenvalue weighted by Gasteiger charge is -2.05. The first-order valence-electron chi connectivity index (χ1n) is 5.84. The number of anilines is 1. The van der Waals surface area contributed by atoms with Gasteiger partial charge in [-0.1, -0.05) is 12.1 Å². The van der Waals surface area contributed by atoms with Crippen LogP contribution in [0.15, 0.2) is 35.1 Å². The zero-order valence-electron chi connectivity index (χ0n) is 10.5. The van der Waals surface area contributed by atoms with Gasteiger partial charge < -0.3 is 10.4 Å². The SMILES string of the molecule is Cc1cccc(NC(=O)CSCc2cc(=O)[nH][nH]2)c1. The second kappa shape index (κ2) is 6.29. The maximum Gasteiger partial charge on any atom is 0.264 e. The minimum atomic E-state index is -0.153. The molecule has 0 bridgehead atoms. The first-order valence-corrected chi connectivity index (χ1v) is 7.00. The number of thioether (sulfide) groups is 1. The van der Waals surface area contributed by atoms with E-state index in [-0.39, 0.29) is 11.5 Å². The number of rotatable bonds is 5. The molecule has 19 heavy (non-hydrogen) atoms. The highest BCUT2D eigenvalue weighted by Crippen LogP contribution is 2.12. The van der Waals surface area contributed by atoms with Crippen LogP contribution < -0.4 is 10.9 Å². The van der Waals surface area contributed by atoms with E-state index in [1.165, 1.54) is 17.8 Å². The molecule has 0 saturated heterocycles. The van der Waals surface area contributed by atoms with Gasteiger partial charge in [0.15, 0.2) is 0 Å². The maximum atomic E-state index is 11.7. The van der Waals surface area contributed by atoms with Gasteiger partial charge in [0.1, 0.15) is 0 Å². The summed E-state index contributed by atoms with van der Waals surface area (Å²) in [5.74, 6) is 0.898. The summed E-state index contributed by atoms with van der Waals surface area (Å²) in [5.41, 5.74) is 2.55. The Hall–Kier alpha value is -1.95. The van der Waals surface area contributed by atoms with Gasteiger partial charge in [-0.15, -0.1) is 11.8 Å². The van der Waals surface area contributed by atoms with Crippen LogP contribution in [-0.2, 0) is 10.5 Å². The molecule has 100 valence electrons. The smallest absolute Gasteiger partial charge is 0.264 e. The molecule has 0 aliphatic carbocycles. The number of aromatic amines is 2. The molecule has 0 saturated carbocycles. The van der Waals surface area contributed by atoms with Crippen LogP contribution in [0.5, 0.6) is 0 Å². The third kappa shape index (κ3) is 4.33. The molecule has 1 aromatic carbocycles. The van der Waals surface area contributed by atoms with Gasteiger partial charge in [0, 0.05) is 23.2 Å². The van der Waals surface area contributed by atoms with Crippen LogP contribution in [-0.4, -0.2) is 21.9 Å². The number of aromatic nitrogens is 2. The van der Waals surface area contributed by atoms with Gasteiger partial charge in [-0.25, -0.2) is 0 Å². The monoisotopic (exact) mass is 277 g/mol. The lowest BCUT2D eigenvalue weighted by molar-refractivity contribution is -0.113. The van der Waals surface area contributed by atoms with E-state index in [1.807, 2.05) is 31.2 Å². The molecule has 1 aromatic heterocycles. The normalized spacial score (nSPS) is 10.4. The van der Waals surface area contributed by atoms with Crippen LogP contribution in [0.25, 0.3) is 0 Å². The number of hydrogen-bond acceptors (Lipinski definition) is 3. The number of amides is 1. The number of carbonyl (C=O) groups is 1. The summed E-state index contributed by atoms with van der Waals surface area (Å²) in [4.78, 5) is 22.6. The molecule has 1 amide bonds. The molecule has 1 heterocycles. The predicted octanol–water partition coefficient (Wildman–Crippen LogP) is 1.88. The van der Waals surface area contributed by atoms with Crippen molar-refractivity contribution >= 4 is 23.4 Å². The van der Waals surface area contributed by atoms with Crippen molar-refractivity contribution in [3.8, 4) is 0 Å². The van der Waals surface area contributed by atoms with Gasteiger partial charge in [0.05, 0.1) is 5.75 Å². The summed E-state index contributed by atoms with van der Waals surface area (Å²) in [7, 11) is 0. The molecule has 2 rings (SSSR count). The molecule has 3 N–H and O–H groups in total. The van der Waals surface area contributed by atoms with Crippen LogP contribution in [0.2, 0.25) is 0 Å². The molecule has 0 atom stereocenters. The number of H-pyrrole nitrogens is 2. The van der Waals surface area contributed by atoms with Crippen molar-refractivity contribution in [1.29, 1.82) is 0 Å². The number of carbonyl (C=O) groups excluding carboxylic acids is 1.